The van der Waals surface area contributed by atoms with E-state index < -0.39 is 16.8 Å². The Morgan fingerprint density at radius 2 is 2.00 bits per heavy atom. The lowest BCUT2D eigenvalue weighted by Gasteiger charge is -2.03. The number of carboxylic acids is 1. The third-order valence-electron chi connectivity index (χ3n) is 2.88. The Morgan fingerprint density at radius 1 is 1.30 bits per heavy atom. The second kappa shape index (κ2) is 6.47. The average Bonchev–Trinajstić information content (AvgIpc) is 2.82. The quantitative estimate of drug-likeness (QED) is 0.873. The van der Waals surface area contributed by atoms with Gasteiger partial charge in [0.2, 0.25) is 0 Å². The lowest BCUT2D eigenvalue weighted by atomic mass is 10.2. The summed E-state index contributed by atoms with van der Waals surface area (Å²) in [5, 5.41) is 12.8. The number of carboxylic acid groups (broad SMARTS) is 1. The van der Waals surface area contributed by atoms with Gasteiger partial charge in [-0.1, -0.05) is 12.1 Å². The summed E-state index contributed by atoms with van der Waals surface area (Å²) in [4.78, 5) is 11.3. The van der Waals surface area contributed by atoms with Crippen molar-refractivity contribution in [3.63, 3.8) is 0 Å². The molecule has 0 aliphatic carbocycles. The fourth-order valence-electron chi connectivity index (χ4n) is 1.86. The molecule has 6 heteroatoms. The summed E-state index contributed by atoms with van der Waals surface area (Å²) in [6, 6.07) is 6.89. The first-order chi connectivity index (χ1) is 9.54. The molecule has 0 aliphatic heterocycles. The first-order valence-corrected chi connectivity index (χ1v) is 7.53. The van der Waals surface area contributed by atoms with Crippen LogP contribution in [0.1, 0.15) is 11.1 Å². The zero-order valence-corrected chi connectivity index (χ0v) is 12.0. The van der Waals surface area contributed by atoms with Gasteiger partial charge in [0.25, 0.3) is 0 Å². The second-order valence-corrected chi connectivity index (χ2v) is 6.11. The summed E-state index contributed by atoms with van der Waals surface area (Å²) in [7, 11) is 0.769. The summed E-state index contributed by atoms with van der Waals surface area (Å²) in [6.07, 6.45) is 4.38. The molecule has 1 atom stereocenters. The van der Waals surface area contributed by atoms with Crippen molar-refractivity contribution in [1.82, 2.24) is 9.78 Å². The fourth-order valence-corrected chi connectivity index (χ4v) is 2.96. The van der Waals surface area contributed by atoms with Gasteiger partial charge in [0.1, 0.15) is 0 Å². The van der Waals surface area contributed by atoms with Gasteiger partial charge in [0.05, 0.1) is 23.4 Å². The van der Waals surface area contributed by atoms with Gasteiger partial charge in [-0.3, -0.25) is 13.7 Å². The molecule has 0 bridgehead atoms. The SMILES string of the molecule is Cn1cc(CCS(=O)c2ccc(CC(=O)O)cc2)cn1. The monoisotopic (exact) mass is 292 g/mol. The van der Waals surface area contributed by atoms with Gasteiger partial charge in [-0.2, -0.15) is 5.10 Å². The van der Waals surface area contributed by atoms with E-state index in [9.17, 15) is 9.00 Å². The molecule has 106 valence electrons. The zero-order chi connectivity index (χ0) is 14.5. The smallest absolute Gasteiger partial charge is 0.307 e. The van der Waals surface area contributed by atoms with Crippen molar-refractivity contribution < 1.29 is 14.1 Å². The summed E-state index contributed by atoms with van der Waals surface area (Å²) < 4.78 is 13.8. The Hall–Kier alpha value is -1.95. The molecule has 1 N–H and O–H groups in total. The minimum atomic E-state index is -1.08. The molecule has 0 aliphatic rings. The molecule has 5 nitrogen and oxygen atoms in total. The van der Waals surface area contributed by atoms with Crippen molar-refractivity contribution in [3.8, 4) is 0 Å². The highest BCUT2D eigenvalue weighted by molar-refractivity contribution is 7.85. The van der Waals surface area contributed by atoms with Gasteiger partial charge >= 0.3 is 5.97 Å². The van der Waals surface area contributed by atoms with Gasteiger partial charge in [0, 0.05) is 23.9 Å². The van der Waals surface area contributed by atoms with Gasteiger partial charge in [-0.05, 0) is 29.7 Å². The number of hydrogen-bond donors (Lipinski definition) is 1. The first kappa shape index (κ1) is 14.5. The number of aryl methyl sites for hydroxylation is 2. The Morgan fingerprint density at radius 3 is 2.55 bits per heavy atom. The van der Waals surface area contributed by atoms with E-state index in [0.717, 1.165) is 10.5 Å². The Labute approximate surface area is 119 Å². The third kappa shape index (κ3) is 4.03. The van der Waals surface area contributed by atoms with E-state index in [1.807, 2.05) is 13.2 Å². The predicted molar refractivity (Wildman–Crippen MR) is 76.0 cm³/mol. The van der Waals surface area contributed by atoms with Crippen molar-refractivity contribution in [2.24, 2.45) is 7.05 Å². The molecule has 1 aromatic carbocycles. The molecular weight excluding hydrogens is 276 g/mol. The van der Waals surface area contributed by atoms with Crippen molar-refractivity contribution in [2.75, 3.05) is 5.75 Å². The van der Waals surface area contributed by atoms with Crippen LogP contribution in [-0.4, -0.2) is 30.8 Å². The molecule has 2 aromatic rings. The highest BCUT2D eigenvalue weighted by atomic mass is 32.2. The zero-order valence-electron chi connectivity index (χ0n) is 11.2. The lowest BCUT2D eigenvalue weighted by molar-refractivity contribution is -0.136. The largest absolute Gasteiger partial charge is 0.481 e. The number of aromatic nitrogens is 2. The molecule has 0 fully saturated rings. The summed E-state index contributed by atoms with van der Waals surface area (Å²) >= 11 is 0. The second-order valence-electron chi connectivity index (χ2n) is 4.54. The number of nitrogens with zero attached hydrogens (tertiary/aromatic N) is 2. The Kier molecular flexibility index (Phi) is 4.68. The van der Waals surface area contributed by atoms with Crippen LogP contribution in [0.5, 0.6) is 0 Å². The molecule has 1 unspecified atom stereocenters. The first-order valence-electron chi connectivity index (χ1n) is 6.21. The molecule has 2 rings (SSSR count). The van der Waals surface area contributed by atoms with E-state index >= 15 is 0 Å². The van der Waals surface area contributed by atoms with Crippen LogP contribution >= 0.6 is 0 Å². The van der Waals surface area contributed by atoms with E-state index in [0.29, 0.717) is 17.7 Å². The lowest BCUT2D eigenvalue weighted by Crippen LogP contribution is -2.03. The van der Waals surface area contributed by atoms with Crippen LogP contribution in [0.25, 0.3) is 0 Å². The fraction of sp³-hybridized carbons (Fsp3) is 0.286. The van der Waals surface area contributed by atoms with Crippen LogP contribution in [0.4, 0.5) is 0 Å². The number of aliphatic carboxylic acids is 1. The molecule has 0 saturated carbocycles. The van der Waals surface area contributed by atoms with Crippen LogP contribution in [0, 0.1) is 0 Å². The van der Waals surface area contributed by atoms with Crippen LogP contribution in [-0.2, 0) is 35.5 Å². The minimum absolute atomic E-state index is 0.0113. The van der Waals surface area contributed by atoms with Crippen molar-refractivity contribution in [2.45, 2.75) is 17.7 Å². The van der Waals surface area contributed by atoms with Crippen molar-refractivity contribution >= 4 is 16.8 Å². The van der Waals surface area contributed by atoms with Crippen LogP contribution in [0.2, 0.25) is 0 Å². The normalized spacial score (nSPS) is 12.2. The standard InChI is InChI=1S/C14H16N2O3S/c1-16-10-12(9-15-16)6-7-20(19)13-4-2-11(3-5-13)8-14(17)18/h2-5,9-10H,6-8H2,1H3,(H,17,18). The highest BCUT2D eigenvalue weighted by Crippen LogP contribution is 2.11. The van der Waals surface area contributed by atoms with E-state index in [2.05, 4.69) is 5.10 Å². The maximum absolute atomic E-state index is 12.1. The molecular formula is C14H16N2O3S. The Bertz CT molecular complexity index is 620. The topological polar surface area (TPSA) is 72.2 Å². The highest BCUT2D eigenvalue weighted by Gasteiger charge is 2.06. The van der Waals surface area contributed by atoms with Crippen LogP contribution in [0.3, 0.4) is 0 Å². The molecule has 1 aromatic heterocycles. The molecule has 0 saturated heterocycles. The third-order valence-corrected chi connectivity index (χ3v) is 4.25. The minimum Gasteiger partial charge on any atom is -0.481 e. The maximum Gasteiger partial charge on any atom is 0.307 e. The number of hydrogen-bond acceptors (Lipinski definition) is 3. The summed E-state index contributed by atoms with van der Waals surface area (Å²) in [5.74, 6) is -0.334. The van der Waals surface area contributed by atoms with Crippen LogP contribution < -0.4 is 0 Å². The maximum atomic E-state index is 12.1. The number of rotatable bonds is 6. The summed E-state index contributed by atoms with van der Waals surface area (Å²) in [5.41, 5.74) is 1.77. The molecule has 0 spiro atoms. The molecule has 0 radical (unpaired) electrons. The van der Waals surface area contributed by atoms with E-state index in [4.69, 9.17) is 5.11 Å². The van der Waals surface area contributed by atoms with Crippen LogP contribution in [0.15, 0.2) is 41.6 Å². The number of benzene rings is 1. The molecule has 1 heterocycles. The molecule has 0 amide bonds. The van der Waals surface area contributed by atoms with Crippen molar-refractivity contribution in [3.05, 3.63) is 47.8 Å². The van der Waals surface area contributed by atoms with E-state index in [-0.39, 0.29) is 6.42 Å². The van der Waals surface area contributed by atoms with E-state index in [1.165, 1.54) is 0 Å². The van der Waals surface area contributed by atoms with Gasteiger partial charge in [0.15, 0.2) is 0 Å². The van der Waals surface area contributed by atoms with Gasteiger partial charge < -0.3 is 5.11 Å². The van der Waals surface area contributed by atoms with E-state index in [1.54, 1.807) is 35.1 Å². The molecule has 20 heavy (non-hydrogen) atoms. The predicted octanol–water partition coefficient (Wildman–Crippen LogP) is 1.40. The van der Waals surface area contributed by atoms with Gasteiger partial charge in [-0.15, -0.1) is 0 Å². The average molecular weight is 292 g/mol. The van der Waals surface area contributed by atoms with Gasteiger partial charge in [-0.25, -0.2) is 0 Å². The Balaban J connectivity index is 1.93. The number of carbonyl (C=O) groups is 1. The van der Waals surface area contributed by atoms with Crippen molar-refractivity contribution in [1.29, 1.82) is 0 Å². The summed E-state index contributed by atoms with van der Waals surface area (Å²) in [6.45, 7) is 0.